The van der Waals surface area contributed by atoms with Gasteiger partial charge in [-0.3, -0.25) is 0 Å². The first kappa shape index (κ1) is 26.8. The largest absolute Gasteiger partial charge is 0.395 e. The summed E-state index contributed by atoms with van der Waals surface area (Å²) in [6.45, 7) is 4.59. The van der Waals surface area contributed by atoms with Gasteiger partial charge in [-0.2, -0.15) is 0 Å². The highest BCUT2D eigenvalue weighted by Crippen LogP contribution is 2.47. The van der Waals surface area contributed by atoms with Gasteiger partial charge in [0.25, 0.3) is 0 Å². The topological polar surface area (TPSA) is 143 Å². The van der Waals surface area contributed by atoms with Crippen LogP contribution in [0.1, 0.15) is 38.3 Å². The lowest BCUT2D eigenvalue weighted by molar-refractivity contribution is 0.0729. The standard InChI is InChI=1S/C26H35N5O6S/c1-18-17-37-15-11-31(18)23-16-22(26(8-13-36-14-9-26)38(34,35)21-6-7-21)29-24(30-23)19-2-4-20(5-3-19)28-25(33)27-10-12-32/h2-5,16,18,21,32H,6-15,17H2,1H3,(H2,27,28,33)/t18-/m0/s1. The van der Waals surface area contributed by atoms with Gasteiger partial charge in [0, 0.05) is 43.6 Å². The molecular formula is C26H35N5O6S. The molecule has 1 aromatic carbocycles. The third-order valence-corrected chi connectivity index (χ3v) is 10.5. The van der Waals surface area contributed by atoms with Gasteiger partial charge in [-0.15, -0.1) is 0 Å². The number of aromatic nitrogens is 2. The number of sulfone groups is 1. The Morgan fingerprint density at radius 3 is 2.53 bits per heavy atom. The van der Waals surface area contributed by atoms with E-state index in [1.54, 1.807) is 24.3 Å². The summed E-state index contributed by atoms with van der Waals surface area (Å²) in [7, 11) is -3.48. The molecule has 1 aliphatic carbocycles. The molecule has 206 valence electrons. The van der Waals surface area contributed by atoms with Gasteiger partial charge in [-0.25, -0.2) is 23.2 Å². The van der Waals surface area contributed by atoms with E-state index in [4.69, 9.17) is 24.5 Å². The van der Waals surface area contributed by atoms with Crippen molar-refractivity contribution in [3.63, 3.8) is 0 Å². The van der Waals surface area contributed by atoms with Crippen LogP contribution in [0.25, 0.3) is 11.4 Å². The second-order valence-corrected chi connectivity index (χ2v) is 12.6. The smallest absolute Gasteiger partial charge is 0.319 e. The second kappa shape index (κ2) is 11.1. The molecule has 2 amide bonds. The maximum Gasteiger partial charge on any atom is 0.319 e. The molecule has 0 bridgehead atoms. The lowest BCUT2D eigenvalue weighted by Gasteiger charge is -2.38. The quantitative estimate of drug-likeness (QED) is 0.454. The van der Waals surface area contributed by atoms with Gasteiger partial charge in [-0.05, 0) is 56.9 Å². The van der Waals surface area contributed by atoms with Crippen LogP contribution in [0.2, 0.25) is 0 Å². The number of amides is 2. The van der Waals surface area contributed by atoms with Gasteiger partial charge in [0.15, 0.2) is 15.7 Å². The maximum atomic E-state index is 13.9. The number of nitrogens with zero attached hydrogens (tertiary/aromatic N) is 3. The predicted molar refractivity (Wildman–Crippen MR) is 143 cm³/mol. The molecule has 12 heteroatoms. The number of hydrogen-bond donors (Lipinski definition) is 3. The summed E-state index contributed by atoms with van der Waals surface area (Å²) < 4.78 is 37.9. The van der Waals surface area contributed by atoms with Crippen molar-refractivity contribution in [2.24, 2.45) is 0 Å². The number of nitrogens with one attached hydrogen (secondary N) is 2. The zero-order valence-corrected chi connectivity index (χ0v) is 22.4. The molecule has 3 heterocycles. The number of anilines is 2. The van der Waals surface area contributed by atoms with E-state index in [-0.39, 0.29) is 24.4 Å². The third-order valence-electron chi connectivity index (χ3n) is 7.45. The summed E-state index contributed by atoms with van der Waals surface area (Å²) in [4.78, 5) is 23.9. The lowest BCUT2D eigenvalue weighted by Crippen LogP contribution is -2.46. The van der Waals surface area contributed by atoms with Gasteiger partial charge in [-0.1, -0.05) is 0 Å². The van der Waals surface area contributed by atoms with Crippen LogP contribution in [-0.4, -0.2) is 86.9 Å². The van der Waals surface area contributed by atoms with Crippen LogP contribution in [-0.2, 0) is 24.1 Å². The highest BCUT2D eigenvalue weighted by molar-refractivity contribution is 7.93. The van der Waals surface area contributed by atoms with Crippen LogP contribution in [0.15, 0.2) is 30.3 Å². The summed E-state index contributed by atoms with van der Waals surface area (Å²) in [6.07, 6.45) is 2.12. The average molecular weight is 546 g/mol. The summed E-state index contributed by atoms with van der Waals surface area (Å²) in [5.41, 5.74) is 1.80. The van der Waals surface area contributed by atoms with E-state index in [9.17, 15) is 13.2 Å². The molecule has 0 spiro atoms. The van der Waals surface area contributed by atoms with E-state index in [0.29, 0.717) is 87.2 Å². The molecule has 3 N–H and O–H groups in total. The molecule has 3 fully saturated rings. The number of rotatable bonds is 8. The number of aliphatic hydroxyl groups excluding tert-OH is 1. The van der Waals surface area contributed by atoms with Crippen molar-refractivity contribution < 1.29 is 27.8 Å². The fraction of sp³-hybridized carbons (Fsp3) is 0.577. The van der Waals surface area contributed by atoms with Crippen molar-refractivity contribution in [3.05, 3.63) is 36.0 Å². The molecule has 3 aliphatic rings. The second-order valence-electron chi connectivity index (χ2n) is 10.1. The van der Waals surface area contributed by atoms with Crippen molar-refractivity contribution in [1.29, 1.82) is 0 Å². The fourth-order valence-electron chi connectivity index (χ4n) is 5.14. The van der Waals surface area contributed by atoms with Crippen LogP contribution in [0, 0.1) is 0 Å². The van der Waals surface area contributed by atoms with Crippen molar-refractivity contribution in [2.45, 2.75) is 48.6 Å². The number of ether oxygens (including phenoxy) is 2. The normalized spacial score (nSPS) is 21.6. The van der Waals surface area contributed by atoms with Crippen LogP contribution < -0.4 is 15.5 Å². The molecule has 5 rings (SSSR count). The monoisotopic (exact) mass is 545 g/mol. The summed E-state index contributed by atoms with van der Waals surface area (Å²) in [6, 6.07) is 8.61. The number of carbonyl (C=O) groups is 1. The van der Waals surface area contributed by atoms with Crippen molar-refractivity contribution in [2.75, 3.05) is 56.3 Å². The number of hydrogen-bond acceptors (Lipinski definition) is 9. The Hall–Kier alpha value is -2.80. The maximum absolute atomic E-state index is 13.9. The molecule has 0 unspecified atom stereocenters. The number of carbonyl (C=O) groups excluding carboxylic acids is 1. The molecule has 2 aliphatic heterocycles. The number of urea groups is 1. The van der Waals surface area contributed by atoms with E-state index in [0.717, 1.165) is 0 Å². The Balaban J connectivity index is 1.55. The van der Waals surface area contributed by atoms with Crippen LogP contribution in [0.5, 0.6) is 0 Å². The average Bonchev–Trinajstić information content (AvgIpc) is 3.79. The minimum atomic E-state index is -3.48. The van der Waals surface area contributed by atoms with Gasteiger partial charge in [0.05, 0.1) is 36.8 Å². The lowest BCUT2D eigenvalue weighted by atomic mass is 9.94. The van der Waals surface area contributed by atoms with Gasteiger partial charge < -0.3 is 30.1 Å². The van der Waals surface area contributed by atoms with E-state index >= 15 is 0 Å². The Morgan fingerprint density at radius 1 is 1.13 bits per heavy atom. The Morgan fingerprint density at radius 2 is 1.87 bits per heavy atom. The minimum absolute atomic E-state index is 0.0778. The van der Waals surface area contributed by atoms with E-state index in [1.807, 2.05) is 6.07 Å². The first-order valence-electron chi connectivity index (χ1n) is 13.2. The number of benzene rings is 1. The minimum Gasteiger partial charge on any atom is -0.395 e. The van der Waals surface area contributed by atoms with Crippen molar-refractivity contribution in [1.82, 2.24) is 15.3 Å². The Labute approximate surface area is 222 Å². The highest BCUT2D eigenvalue weighted by atomic mass is 32.2. The highest BCUT2D eigenvalue weighted by Gasteiger charge is 2.54. The van der Waals surface area contributed by atoms with E-state index in [1.165, 1.54) is 0 Å². The SMILES string of the molecule is C[C@H]1COCCN1c1cc(C2(S(=O)(=O)C3CC3)CCOCC2)nc(-c2ccc(NC(=O)NCCO)cc2)n1. The molecule has 11 nitrogen and oxygen atoms in total. The summed E-state index contributed by atoms with van der Waals surface area (Å²) in [5.74, 6) is 1.12. The van der Waals surface area contributed by atoms with Gasteiger partial charge in [0.1, 0.15) is 10.6 Å². The van der Waals surface area contributed by atoms with Crippen LogP contribution >= 0.6 is 0 Å². The van der Waals surface area contributed by atoms with Gasteiger partial charge in [0.2, 0.25) is 0 Å². The first-order chi connectivity index (χ1) is 18.3. The van der Waals surface area contributed by atoms with Crippen molar-refractivity contribution in [3.8, 4) is 11.4 Å². The zero-order chi connectivity index (χ0) is 26.8. The third kappa shape index (κ3) is 5.35. The van der Waals surface area contributed by atoms with E-state index in [2.05, 4.69) is 22.5 Å². The molecule has 2 saturated heterocycles. The number of aliphatic hydroxyl groups is 1. The summed E-state index contributed by atoms with van der Waals surface area (Å²) in [5, 5.41) is 13.8. The Bertz CT molecular complexity index is 1250. The zero-order valence-electron chi connectivity index (χ0n) is 21.6. The molecular weight excluding hydrogens is 510 g/mol. The fourth-order valence-corrected chi connectivity index (χ4v) is 7.67. The molecule has 0 radical (unpaired) electrons. The predicted octanol–water partition coefficient (Wildman–Crippen LogP) is 2.07. The summed E-state index contributed by atoms with van der Waals surface area (Å²) >= 11 is 0. The Kier molecular flexibility index (Phi) is 7.85. The van der Waals surface area contributed by atoms with Crippen molar-refractivity contribution >= 4 is 27.4 Å². The van der Waals surface area contributed by atoms with Gasteiger partial charge >= 0.3 is 6.03 Å². The molecule has 2 aromatic rings. The molecule has 38 heavy (non-hydrogen) atoms. The molecule has 1 saturated carbocycles. The van der Waals surface area contributed by atoms with Crippen LogP contribution in [0.4, 0.5) is 16.3 Å². The van der Waals surface area contributed by atoms with E-state index < -0.39 is 20.6 Å². The van der Waals surface area contributed by atoms with Crippen LogP contribution in [0.3, 0.4) is 0 Å². The first-order valence-corrected chi connectivity index (χ1v) is 14.7. The molecule has 1 aromatic heterocycles. The number of morpholine rings is 1. The molecule has 1 atom stereocenters.